The van der Waals surface area contributed by atoms with E-state index in [1.54, 1.807) is 24.3 Å². The molecular weight excluding hydrogens is 377 g/mol. The van der Waals surface area contributed by atoms with Gasteiger partial charge in [0.15, 0.2) is 18.1 Å². The molecule has 1 heterocycles. The van der Waals surface area contributed by atoms with Gasteiger partial charge in [-0.2, -0.15) is 13.2 Å². The van der Waals surface area contributed by atoms with Crippen molar-refractivity contribution in [3.05, 3.63) is 60.0 Å². The fourth-order valence-electron chi connectivity index (χ4n) is 2.48. The van der Waals surface area contributed by atoms with Gasteiger partial charge in [-0.1, -0.05) is 24.3 Å². The Morgan fingerprint density at radius 1 is 1.07 bits per heavy atom. The minimum Gasteiger partial charge on any atom is -0.456 e. The lowest BCUT2D eigenvalue weighted by atomic mass is 10.1. The maximum Gasteiger partial charge on any atom is 0.418 e. The van der Waals surface area contributed by atoms with Crippen molar-refractivity contribution in [1.29, 1.82) is 0 Å². The number of halogens is 3. The van der Waals surface area contributed by atoms with Crippen LogP contribution in [0, 0.1) is 0 Å². The van der Waals surface area contributed by atoms with Gasteiger partial charge in [-0.05, 0) is 24.3 Å². The topological polar surface area (TPSA) is 81.4 Å². The third kappa shape index (κ3) is 4.87. The molecule has 1 aromatic heterocycles. The fourth-order valence-corrected chi connectivity index (χ4v) is 2.48. The standard InChI is InChI=1S/C19H15F3N2O4/c20-19(21,22)12-5-1-2-6-13(12)23-16(25)11-27-18(26)10-9-17-24-14-7-3-4-8-15(14)28-17/h1-8H,9-11H2,(H,23,25). The number of hydrogen-bond donors (Lipinski definition) is 1. The SMILES string of the molecule is O=C(COC(=O)CCc1nc2ccccc2o1)Nc1ccccc1C(F)(F)F. The van der Waals surface area contributed by atoms with Gasteiger partial charge in [-0.15, -0.1) is 0 Å². The van der Waals surface area contributed by atoms with Crippen LogP contribution in [0.5, 0.6) is 0 Å². The summed E-state index contributed by atoms with van der Waals surface area (Å²) in [6.45, 7) is -0.696. The summed E-state index contributed by atoms with van der Waals surface area (Å²) in [6.07, 6.45) is -4.52. The van der Waals surface area contributed by atoms with E-state index in [4.69, 9.17) is 9.15 Å². The van der Waals surface area contributed by atoms with Gasteiger partial charge in [0.2, 0.25) is 0 Å². The molecule has 0 atom stereocenters. The Kier molecular flexibility index (Phi) is 5.62. The molecule has 146 valence electrons. The van der Waals surface area contributed by atoms with Crippen molar-refractivity contribution in [3.63, 3.8) is 0 Å². The van der Waals surface area contributed by atoms with Gasteiger partial charge >= 0.3 is 12.1 Å². The zero-order valence-corrected chi connectivity index (χ0v) is 14.5. The number of nitrogens with zero attached hydrogens (tertiary/aromatic N) is 1. The number of nitrogens with one attached hydrogen (secondary N) is 1. The van der Waals surface area contributed by atoms with Crippen LogP contribution in [0.4, 0.5) is 18.9 Å². The lowest BCUT2D eigenvalue weighted by Crippen LogP contribution is -2.22. The summed E-state index contributed by atoms with van der Waals surface area (Å²) in [7, 11) is 0. The maximum atomic E-state index is 12.9. The van der Waals surface area contributed by atoms with E-state index >= 15 is 0 Å². The molecule has 9 heteroatoms. The highest BCUT2D eigenvalue weighted by Gasteiger charge is 2.33. The van der Waals surface area contributed by atoms with Crippen LogP contribution in [-0.4, -0.2) is 23.5 Å². The summed E-state index contributed by atoms with van der Waals surface area (Å²) in [6, 6.07) is 11.6. The molecule has 0 bridgehead atoms. The van der Waals surface area contributed by atoms with Crippen LogP contribution < -0.4 is 5.32 Å². The first-order chi connectivity index (χ1) is 13.3. The van der Waals surface area contributed by atoms with Gasteiger partial charge in [0.1, 0.15) is 5.52 Å². The Labute approximate surface area is 157 Å². The molecule has 3 aromatic rings. The van der Waals surface area contributed by atoms with Crippen LogP contribution in [0.15, 0.2) is 52.9 Å². The number of oxazole rings is 1. The molecule has 0 spiro atoms. The number of alkyl halides is 3. The lowest BCUT2D eigenvalue weighted by Gasteiger charge is -2.13. The predicted molar refractivity (Wildman–Crippen MR) is 93.4 cm³/mol. The monoisotopic (exact) mass is 392 g/mol. The van der Waals surface area contributed by atoms with Crippen molar-refractivity contribution in [2.24, 2.45) is 0 Å². The van der Waals surface area contributed by atoms with E-state index in [2.05, 4.69) is 10.3 Å². The van der Waals surface area contributed by atoms with Crippen molar-refractivity contribution in [2.45, 2.75) is 19.0 Å². The van der Waals surface area contributed by atoms with Gasteiger partial charge < -0.3 is 14.5 Å². The summed E-state index contributed by atoms with van der Waals surface area (Å²) in [5, 5.41) is 2.10. The number of para-hydroxylation sites is 3. The molecule has 3 rings (SSSR count). The molecule has 28 heavy (non-hydrogen) atoms. The van der Waals surface area contributed by atoms with Crippen molar-refractivity contribution >= 4 is 28.7 Å². The highest BCUT2D eigenvalue weighted by molar-refractivity contribution is 5.93. The Morgan fingerprint density at radius 3 is 2.54 bits per heavy atom. The first kappa shape index (κ1) is 19.4. The normalized spacial score (nSPS) is 11.4. The minimum atomic E-state index is -4.61. The Balaban J connectivity index is 1.49. The van der Waals surface area contributed by atoms with Gasteiger partial charge in [-0.3, -0.25) is 9.59 Å². The zero-order valence-electron chi connectivity index (χ0n) is 14.5. The number of carbonyl (C=O) groups is 2. The van der Waals surface area contributed by atoms with Crippen LogP contribution in [0.2, 0.25) is 0 Å². The maximum absolute atomic E-state index is 12.9. The molecule has 0 aliphatic carbocycles. The molecule has 0 aliphatic rings. The van der Waals surface area contributed by atoms with Crippen molar-refractivity contribution in [3.8, 4) is 0 Å². The Hall–Kier alpha value is -3.36. The lowest BCUT2D eigenvalue weighted by molar-refractivity contribution is -0.147. The summed E-state index contributed by atoms with van der Waals surface area (Å²) < 4.78 is 49.0. The fraction of sp³-hybridized carbons (Fsp3) is 0.211. The summed E-state index contributed by atoms with van der Waals surface area (Å²) in [5.41, 5.74) is -0.129. The van der Waals surface area contributed by atoms with E-state index in [1.165, 1.54) is 12.1 Å². The molecule has 2 aromatic carbocycles. The van der Waals surface area contributed by atoms with E-state index in [9.17, 15) is 22.8 Å². The number of fused-ring (bicyclic) bond motifs is 1. The average Bonchev–Trinajstić information content (AvgIpc) is 3.07. The van der Waals surface area contributed by atoms with Gasteiger partial charge in [0, 0.05) is 6.42 Å². The number of rotatable bonds is 6. The van der Waals surface area contributed by atoms with Crippen LogP contribution in [0.1, 0.15) is 17.9 Å². The smallest absolute Gasteiger partial charge is 0.418 e. The quantitative estimate of drug-likeness (QED) is 0.642. The molecule has 6 nitrogen and oxygen atoms in total. The second kappa shape index (κ2) is 8.12. The second-order valence-electron chi connectivity index (χ2n) is 5.83. The third-order valence-electron chi connectivity index (χ3n) is 3.75. The second-order valence-corrected chi connectivity index (χ2v) is 5.83. The molecule has 0 saturated carbocycles. The molecular formula is C19H15F3N2O4. The molecule has 0 saturated heterocycles. The van der Waals surface area contributed by atoms with Crippen molar-refractivity contribution in [2.75, 3.05) is 11.9 Å². The largest absolute Gasteiger partial charge is 0.456 e. The number of amides is 1. The summed E-state index contributed by atoms with van der Waals surface area (Å²) in [4.78, 5) is 27.8. The van der Waals surface area contributed by atoms with E-state index in [0.717, 1.165) is 12.1 Å². The number of aromatic nitrogens is 1. The molecule has 0 fully saturated rings. The molecule has 1 N–H and O–H groups in total. The first-order valence-electron chi connectivity index (χ1n) is 8.29. The number of hydrogen-bond acceptors (Lipinski definition) is 5. The summed E-state index contributed by atoms with van der Waals surface area (Å²) >= 11 is 0. The molecule has 1 amide bonds. The predicted octanol–water partition coefficient (Wildman–Crippen LogP) is 3.96. The van der Waals surface area contributed by atoms with Gasteiger partial charge in [-0.25, -0.2) is 4.98 Å². The Morgan fingerprint density at radius 2 is 1.79 bits per heavy atom. The average molecular weight is 392 g/mol. The number of benzene rings is 2. The number of esters is 1. The van der Waals surface area contributed by atoms with Crippen LogP contribution >= 0.6 is 0 Å². The third-order valence-corrected chi connectivity index (χ3v) is 3.75. The minimum absolute atomic E-state index is 0.0841. The van der Waals surface area contributed by atoms with Gasteiger partial charge in [0.05, 0.1) is 17.7 Å². The van der Waals surface area contributed by atoms with Crippen LogP contribution in [0.3, 0.4) is 0 Å². The number of ether oxygens (including phenoxy) is 1. The van der Waals surface area contributed by atoms with Gasteiger partial charge in [0.25, 0.3) is 5.91 Å². The molecule has 0 aliphatic heterocycles. The highest BCUT2D eigenvalue weighted by Crippen LogP contribution is 2.34. The summed E-state index contributed by atoms with van der Waals surface area (Å²) in [5.74, 6) is -1.21. The van der Waals surface area contributed by atoms with E-state index in [0.29, 0.717) is 17.0 Å². The van der Waals surface area contributed by atoms with Crippen LogP contribution in [0.25, 0.3) is 11.1 Å². The van der Waals surface area contributed by atoms with Crippen LogP contribution in [-0.2, 0) is 26.9 Å². The van der Waals surface area contributed by atoms with E-state index in [-0.39, 0.29) is 12.8 Å². The van der Waals surface area contributed by atoms with E-state index < -0.39 is 35.9 Å². The molecule has 0 unspecified atom stereocenters. The van der Waals surface area contributed by atoms with Crippen molar-refractivity contribution < 1.29 is 31.9 Å². The van der Waals surface area contributed by atoms with Crippen molar-refractivity contribution in [1.82, 2.24) is 4.98 Å². The first-order valence-corrected chi connectivity index (χ1v) is 8.29. The molecule has 0 radical (unpaired) electrons. The number of aryl methyl sites for hydroxylation is 1. The van der Waals surface area contributed by atoms with E-state index in [1.807, 2.05) is 0 Å². The zero-order chi connectivity index (χ0) is 20.1. The number of carbonyl (C=O) groups excluding carboxylic acids is 2. The Bertz CT molecular complexity index is 965. The number of anilines is 1. The highest BCUT2D eigenvalue weighted by atomic mass is 19.4.